The van der Waals surface area contributed by atoms with Crippen LogP contribution in [0.1, 0.15) is 27.7 Å². The van der Waals surface area contributed by atoms with Gasteiger partial charge in [-0.25, -0.2) is 14.4 Å². The Kier molecular flexibility index (Phi) is 8.70. The maximum absolute atomic E-state index is 13.6. The molecule has 0 spiro atoms. The van der Waals surface area contributed by atoms with Crippen LogP contribution in [0.4, 0.5) is 20.3 Å². The van der Waals surface area contributed by atoms with Crippen molar-refractivity contribution in [1.29, 1.82) is 0 Å². The van der Waals surface area contributed by atoms with Gasteiger partial charge in [-0.1, -0.05) is 46.9 Å². The number of hydrogen-bond donors (Lipinski definition) is 2. The van der Waals surface area contributed by atoms with E-state index in [0.717, 1.165) is 15.1 Å². The van der Waals surface area contributed by atoms with Gasteiger partial charge in [0, 0.05) is 24.1 Å². The molecule has 0 saturated carbocycles. The third-order valence-electron chi connectivity index (χ3n) is 6.70. The van der Waals surface area contributed by atoms with E-state index in [4.69, 9.17) is 9.47 Å². The molecule has 1 fully saturated rings. The number of hydrogen-bond acceptors (Lipinski definition) is 9. The Hall–Kier alpha value is -4.56. The molecule has 0 bridgehead atoms. The minimum atomic E-state index is -1.01. The van der Waals surface area contributed by atoms with E-state index in [9.17, 15) is 18.8 Å². The van der Waals surface area contributed by atoms with Crippen molar-refractivity contribution in [2.45, 2.75) is 32.3 Å². The summed E-state index contributed by atoms with van der Waals surface area (Å²) in [5, 5.41) is 6.38. The molecule has 44 heavy (non-hydrogen) atoms. The molecule has 5 aromatic rings. The third kappa shape index (κ3) is 6.81. The molecule has 13 heteroatoms. The number of epoxide rings is 1. The number of benzene rings is 3. The molecular formula is C31H26FN5O5S2. The molecule has 2 N–H and O–H groups in total. The number of carbonyl (C=O) groups is 3. The number of nitrogens with zero attached hydrogens (tertiary/aromatic N) is 3. The lowest BCUT2D eigenvalue weighted by Crippen LogP contribution is -2.36. The quantitative estimate of drug-likeness (QED) is 0.181. The lowest BCUT2D eigenvalue weighted by molar-refractivity contribution is -0.120. The maximum Gasteiger partial charge on any atom is 0.259 e. The Balaban J connectivity index is 1.15. The van der Waals surface area contributed by atoms with Gasteiger partial charge >= 0.3 is 0 Å². The second kappa shape index (κ2) is 13.0. The third-order valence-corrected chi connectivity index (χ3v) is 8.54. The summed E-state index contributed by atoms with van der Waals surface area (Å²) in [7, 11) is 0. The molecule has 6 rings (SSSR count). The molecule has 3 aromatic carbocycles. The molecule has 1 aliphatic rings. The van der Waals surface area contributed by atoms with Gasteiger partial charge in [0.25, 0.3) is 17.7 Å². The number of carbonyl (C=O) groups excluding carboxylic acids is 3. The largest absolute Gasteiger partial charge is 0.376 e. The van der Waals surface area contributed by atoms with E-state index in [1.165, 1.54) is 39.7 Å². The van der Waals surface area contributed by atoms with E-state index in [1.807, 2.05) is 31.2 Å². The summed E-state index contributed by atoms with van der Waals surface area (Å²) in [6, 6.07) is 19.9. The van der Waals surface area contributed by atoms with Gasteiger partial charge < -0.3 is 14.4 Å². The zero-order chi connectivity index (χ0) is 30.6. The number of halogens is 1. The summed E-state index contributed by atoms with van der Waals surface area (Å²) in [5.74, 6) is -1.67. The molecule has 2 unspecified atom stereocenters. The van der Waals surface area contributed by atoms with Crippen molar-refractivity contribution in [2.75, 3.05) is 22.1 Å². The monoisotopic (exact) mass is 631 g/mol. The second-order valence-corrected chi connectivity index (χ2v) is 11.9. The number of anilines is 3. The van der Waals surface area contributed by atoms with Gasteiger partial charge in [0.15, 0.2) is 22.5 Å². The van der Waals surface area contributed by atoms with Crippen LogP contribution in [0.25, 0.3) is 10.2 Å². The van der Waals surface area contributed by atoms with Gasteiger partial charge in [0.2, 0.25) is 0 Å². The van der Waals surface area contributed by atoms with Crippen LogP contribution in [0.2, 0.25) is 0 Å². The van der Waals surface area contributed by atoms with Crippen LogP contribution < -0.4 is 15.5 Å². The predicted octanol–water partition coefficient (Wildman–Crippen LogP) is 5.62. The minimum absolute atomic E-state index is 0.0951. The molecule has 3 amide bonds. The van der Waals surface area contributed by atoms with Crippen LogP contribution in [-0.2, 0) is 32.2 Å². The van der Waals surface area contributed by atoms with Gasteiger partial charge in [-0.3, -0.25) is 25.0 Å². The smallest absolute Gasteiger partial charge is 0.259 e. The van der Waals surface area contributed by atoms with E-state index >= 15 is 0 Å². The SMILES string of the molecule is CCOCc1cnc(NC(=O)C2OC2C(=O)N(Cc2ccc(F)cc2)c2ccc(C(=O)Nc3nc4ccccc4s3)cc2)s1. The van der Waals surface area contributed by atoms with Crippen LogP contribution in [0.5, 0.6) is 0 Å². The van der Waals surface area contributed by atoms with Crippen LogP contribution in [0.15, 0.2) is 79.0 Å². The summed E-state index contributed by atoms with van der Waals surface area (Å²) in [4.78, 5) is 50.3. The first-order valence-corrected chi connectivity index (χ1v) is 15.3. The average molecular weight is 632 g/mol. The number of nitrogens with one attached hydrogen (secondary N) is 2. The minimum Gasteiger partial charge on any atom is -0.376 e. The Morgan fingerprint density at radius 1 is 0.955 bits per heavy atom. The number of para-hydroxylation sites is 1. The fourth-order valence-electron chi connectivity index (χ4n) is 4.42. The Morgan fingerprint density at radius 3 is 2.48 bits per heavy atom. The number of aromatic nitrogens is 2. The normalized spacial score (nSPS) is 15.6. The lowest BCUT2D eigenvalue weighted by atomic mass is 10.1. The number of thiazole rings is 2. The fourth-order valence-corrected chi connectivity index (χ4v) is 6.03. The van der Waals surface area contributed by atoms with Gasteiger partial charge in [0.05, 0.1) is 28.2 Å². The number of fused-ring (bicyclic) bond motifs is 1. The maximum atomic E-state index is 13.6. The van der Waals surface area contributed by atoms with Crippen LogP contribution in [0, 0.1) is 5.82 Å². The molecular weight excluding hydrogens is 606 g/mol. The molecule has 3 heterocycles. The number of rotatable bonds is 11. The van der Waals surface area contributed by atoms with E-state index in [-0.39, 0.29) is 12.5 Å². The van der Waals surface area contributed by atoms with Crippen LogP contribution in [0.3, 0.4) is 0 Å². The van der Waals surface area contributed by atoms with Crippen molar-refractivity contribution in [2.24, 2.45) is 0 Å². The standard InChI is InChI=1S/C31H26FN5O5S2/c1-2-41-17-22-15-33-30(43-22)36-28(39)25-26(42-25)29(40)37(16-18-7-11-20(32)12-8-18)21-13-9-19(10-14-21)27(38)35-31-34-23-5-3-4-6-24(23)44-31/h3-15,25-26H,2,16-17H2,1H3,(H,33,36,39)(H,34,35,38). The highest BCUT2D eigenvalue weighted by atomic mass is 32.1. The first-order valence-electron chi connectivity index (χ1n) is 13.7. The van der Waals surface area contributed by atoms with Crippen LogP contribution >= 0.6 is 22.7 Å². The van der Waals surface area contributed by atoms with E-state index in [2.05, 4.69) is 20.6 Å². The second-order valence-electron chi connectivity index (χ2n) is 9.77. The zero-order valence-corrected chi connectivity index (χ0v) is 25.0. The highest BCUT2D eigenvalue weighted by molar-refractivity contribution is 7.22. The van der Waals surface area contributed by atoms with Gasteiger partial charge in [-0.2, -0.15) is 0 Å². The molecule has 0 aliphatic carbocycles. The molecule has 1 saturated heterocycles. The number of amides is 3. The van der Waals surface area contributed by atoms with E-state index < -0.39 is 29.8 Å². The van der Waals surface area contributed by atoms with Crippen molar-refractivity contribution >= 4 is 66.6 Å². The number of ether oxygens (including phenoxy) is 2. The van der Waals surface area contributed by atoms with Gasteiger partial charge in [-0.05, 0) is 61.0 Å². The van der Waals surface area contributed by atoms with Crippen molar-refractivity contribution in [1.82, 2.24) is 9.97 Å². The van der Waals surface area contributed by atoms with Crippen molar-refractivity contribution in [3.63, 3.8) is 0 Å². The predicted molar refractivity (Wildman–Crippen MR) is 166 cm³/mol. The fraction of sp³-hybridized carbons (Fsp3) is 0.194. The topological polar surface area (TPSA) is 126 Å². The molecule has 1 aliphatic heterocycles. The first kappa shape index (κ1) is 29.5. The summed E-state index contributed by atoms with van der Waals surface area (Å²) in [5.41, 5.74) is 2.31. The first-order chi connectivity index (χ1) is 21.4. The Labute approximate surface area is 259 Å². The summed E-state index contributed by atoms with van der Waals surface area (Å²) < 4.78 is 25.4. The van der Waals surface area contributed by atoms with Gasteiger partial charge in [-0.15, -0.1) is 0 Å². The van der Waals surface area contributed by atoms with E-state index in [1.54, 1.807) is 42.6 Å². The highest BCUT2D eigenvalue weighted by Crippen LogP contribution is 2.31. The lowest BCUT2D eigenvalue weighted by Gasteiger charge is -2.23. The van der Waals surface area contributed by atoms with E-state index in [0.29, 0.717) is 40.3 Å². The van der Waals surface area contributed by atoms with Crippen molar-refractivity contribution < 1.29 is 28.2 Å². The highest BCUT2D eigenvalue weighted by Gasteiger charge is 2.52. The molecule has 2 aromatic heterocycles. The Bertz CT molecular complexity index is 1780. The summed E-state index contributed by atoms with van der Waals surface area (Å²) in [6.07, 6.45) is -0.378. The molecule has 10 nitrogen and oxygen atoms in total. The summed E-state index contributed by atoms with van der Waals surface area (Å²) in [6.45, 7) is 2.94. The van der Waals surface area contributed by atoms with Crippen molar-refractivity contribution in [3.8, 4) is 0 Å². The van der Waals surface area contributed by atoms with Crippen molar-refractivity contribution in [3.05, 3.63) is 101 Å². The molecule has 0 radical (unpaired) electrons. The van der Waals surface area contributed by atoms with Crippen LogP contribution in [-0.4, -0.2) is 46.5 Å². The Morgan fingerprint density at radius 2 is 1.73 bits per heavy atom. The molecule has 224 valence electrons. The molecule has 2 atom stereocenters. The summed E-state index contributed by atoms with van der Waals surface area (Å²) >= 11 is 2.65. The average Bonchev–Trinajstić information content (AvgIpc) is 3.55. The van der Waals surface area contributed by atoms with Gasteiger partial charge in [0.1, 0.15) is 5.82 Å². The zero-order valence-electron chi connectivity index (χ0n) is 23.4.